The molecule has 5 nitrogen and oxygen atoms in total. The number of aromatic nitrogens is 4. The molecule has 0 unspecified atom stereocenters. The van der Waals surface area contributed by atoms with Gasteiger partial charge in [0, 0.05) is 17.5 Å². The number of fused-ring (bicyclic) bond motifs is 1. The predicted molar refractivity (Wildman–Crippen MR) is 86.1 cm³/mol. The van der Waals surface area contributed by atoms with Crippen molar-refractivity contribution in [2.75, 3.05) is 0 Å². The Bertz CT molecular complexity index is 925. The van der Waals surface area contributed by atoms with Crippen molar-refractivity contribution in [2.24, 2.45) is 0 Å². The molecule has 1 aromatic carbocycles. The molecule has 0 spiro atoms. The van der Waals surface area contributed by atoms with E-state index >= 15 is 0 Å². The van der Waals surface area contributed by atoms with Gasteiger partial charge in [0.15, 0.2) is 11.6 Å². The Kier molecular flexibility index (Phi) is 3.08. The highest BCUT2D eigenvalue weighted by molar-refractivity contribution is 7.08. The molecule has 0 atom stereocenters. The van der Waals surface area contributed by atoms with Gasteiger partial charge in [-0.25, -0.2) is 9.78 Å². The van der Waals surface area contributed by atoms with Crippen molar-refractivity contribution in [3.63, 3.8) is 0 Å². The van der Waals surface area contributed by atoms with Gasteiger partial charge in [0.2, 0.25) is 0 Å². The molecule has 6 heteroatoms. The number of hydrogen-bond acceptors (Lipinski definition) is 4. The van der Waals surface area contributed by atoms with Crippen LogP contribution in [-0.4, -0.2) is 19.5 Å². The molecule has 0 aliphatic carbocycles. The Morgan fingerprint density at radius 2 is 2.05 bits per heavy atom. The third-order valence-electron chi connectivity index (χ3n) is 3.51. The van der Waals surface area contributed by atoms with Crippen LogP contribution in [0.2, 0.25) is 0 Å². The Labute approximate surface area is 130 Å². The Hall–Kier alpha value is -2.73. The summed E-state index contributed by atoms with van der Waals surface area (Å²) < 4.78 is 2.03. The van der Waals surface area contributed by atoms with Gasteiger partial charge in [-0.15, -0.1) is 0 Å². The minimum absolute atomic E-state index is 0.369. The smallest absolute Gasteiger partial charge is 0.317 e. The molecule has 108 valence electrons. The first-order valence-corrected chi connectivity index (χ1v) is 7.77. The summed E-state index contributed by atoms with van der Waals surface area (Å²) in [4.78, 5) is 22.6. The first kappa shape index (κ1) is 13.0. The molecule has 0 saturated heterocycles. The molecular weight excluding hydrogens is 296 g/mol. The summed E-state index contributed by atoms with van der Waals surface area (Å²) in [6, 6.07) is 12.1. The summed E-state index contributed by atoms with van der Waals surface area (Å²) in [5.74, 6) is 1.09. The fourth-order valence-electron chi connectivity index (χ4n) is 2.49. The molecule has 3 heterocycles. The number of rotatable bonds is 3. The second kappa shape index (κ2) is 5.23. The number of H-pyrrole nitrogens is 1. The van der Waals surface area contributed by atoms with Crippen molar-refractivity contribution in [2.45, 2.75) is 6.54 Å². The van der Waals surface area contributed by atoms with E-state index in [4.69, 9.17) is 0 Å². The molecule has 0 radical (unpaired) electrons. The fourth-order valence-corrected chi connectivity index (χ4v) is 3.14. The largest absolute Gasteiger partial charge is 0.348 e. The first-order valence-electron chi connectivity index (χ1n) is 6.83. The lowest BCUT2D eigenvalue weighted by Gasteiger charge is -2.15. The molecule has 1 aromatic heterocycles. The summed E-state index contributed by atoms with van der Waals surface area (Å²) >= 11 is 1.63. The van der Waals surface area contributed by atoms with E-state index in [-0.39, 0.29) is 5.69 Å². The molecule has 0 amide bonds. The van der Waals surface area contributed by atoms with Gasteiger partial charge < -0.3 is 4.57 Å². The lowest BCUT2D eigenvalue weighted by Crippen LogP contribution is -2.10. The van der Waals surface area contributed by atoms with Gasteiger partial charge in [0.05, 0.1) is 11.9 Å². The summed E-state index contributed by atoms with van der Waals surface area (Å²) in [6.07, 6.45) is 1.78. The minimum Gasteiger partial charge on any atom is -0.317 e. The highest BCUT2D eigenvalue weighted by Crippen LogP contribution is 2.26. The van der Waals surface area contributed by atoms with Crippen LogP contribution in [0.5, 0.6) is 0 Å². The predicted octanol–water partition coefficient (Wildman–Crippen LogP) is 2.85. The zero-order valence-electron chi connectivity index (χ0n) is 11.6. The van der Waals surface area contributed by atoms with E-state index in [1.165, 1.54) is 0 Å². The monoisotopic (exact) mass is 308 g/mol. The van der Waals surface area contributed by atoms with E-state index in [9.17, 15) is 4.79 Å². The second-order valence-electron chi connectivity index (χ2n) is 4.94. The topological polar surface area (TPSA) is 63.6 Å². The number of nitrogens with zero attached hydrogens (tertiary/aromatic N) is 3. The molecule has 2 aromatic rings. The SMILES string of the molecule is O=c1nc2n(Cc3ccccc3)c(-c3ccsc3)cnc-2[nH]1. The van der Waals surface area contributed by atoms with Gasteiger partial charge >= 0.3 is 5.69 Å². The molecule has 2 aliphatic heterocycles. The number of imidazole rings is 1. The standard InChI is InChI=1S/C16H12N4OS/c21-16-18-14-15(19-16)20(9-11-4-2-1-3-5-11)13(8-17-14)12-6-7-22-10-12/h1-8,10H,9H2,(H,17,18,21). The van der Waals surface area contributed by atoms with Crippen LogP contribution in [0, 0.1) is 0 Å². The number of aromatic amines is 1. The zero-order valence-corrected chi connectivity index (χ0v) is 12.4. The summed E-state index contributed by atoms with van der Waals surface area (Å²) in [6.45, 7) is 0.634. The summed E-state index contributed by atoms with van der Waals surface area (Å²) in [5, 5.41) is 4.09. The van der Waals surface area contributed by atoms with Gasteiger partial charge in [0.25, 0.3) is 0 Å². The van der Waals surface area contributed by atoms with Gasteiger partial charge in [0.1, 0.15) is 0 Å². The van der Waals surface area contributed by atoms with Crippen LogP contribution in [0.15, 0.2) is 58.1 Å². The fraction of sp³-hybridized carbons (Fsp3) is 0.0625. The van der Waals surface area contributed by atoms with Crippen molar-refractivity contribution in [3.05, 3.63) is 69.4 Å². The second-order valence-corrected chi connectivity index (χ2v) is 5.72. The van der Waals surface area contributed by atoms with Crippen molar-refractivity contribution in [1.82, 2.24) is 19.5 Å². The Morgan fingerprint density at radius 1 is 1.18 bits per heavy atom. The van der Waals surface area contributed by atoms with E-state index in [2.05, 4.69) is 32.5 Å². The Balaban J connectivity index is 1.93. The van der Waals surface area contributed by atoms with E-state index in [1.54, 1.807) is 17.5 Å². The van der Waals surface area contributed by atoms with Crippen molar-refractivity contribution in [3.8, 4) is 22.9 Å². The molecule has 0 bridgehead atoms. The molecular formula is C16H12N4OS. The number of benzene rings is 1. The normalized spacial score (nSPS) is 11.1. The van der Waals surface area contributed by atoms with Gasteiger partial charge in [-0.2, -0.15) is 16.3 Å². The van der Waals surface area contributed by atoms with E-state index in [1.807, 2.05) is 34.2 Å². The van der Waals surface area contributed by atoms with Crippen LogP contribution in [0.1, 0.15) is 5.56 Å². The molecule has 2 aliphatic rings. The third kappa shape index (κ3) is 2.23. The van der Waals surface area contributed by atoms with Crippen LogP contribution in [0.4, 0.5) is 0 Å². The summed E-state index contributed by atoms with van der Waals surface area (Å²) in [7, 11) is 0. The van der Waals surface area contributed by atoms with Gasteiger partial charge in [-0.1, -0.05) is 30.3 Å². The zero-order chi connectivity index (χ0) is 14.9. The van der Waals surface area contributed by atoms with Crippen LogP contribution < -0.4 is 5.69 Å². The molecule has 22 heavy (non-hydrogen) atoms. The minimum atomic E-state index is -0.369. The van der Waals surface area contributed by atoms with Crippen LogP contribution >= 0.6 is 11.3 Å². The number of hydrogen-bond donors (Lipinski definition) is 1. The number of thiophene rings is 1. The maximum atomic E-state index is 11.6. The molecule has 0 saturated carbocycles. The summed E-state index contributed by atoms with van der Waals surface area (Å²) in [5.41, 5.74) is 2.80. The highest BCUT2D eigenvalue weighted by Gasteiger charge is 2.17. The van der Waals surface area contributed by atoms with E-state index in [0.29, 0.717) is 18.2 Å². The van der Waals surface area contributed by atoms with Crippen molar-refractivity contribution in [1.29, 1.82) is 0 Å². The lowest BCUT2D eigenvalue weighted by molar-refractivity contribution is 0.782. The number of nitrogens with one attached hydrogen (secondary N) is 1. The maximum absolute atomic E-state index is 11.6. The van der Waals surface area contributed by atoms with Gasteiger partial charge in [-0.05, 0) is 17.0 Å². The molecule has 4 rings (SSSR count). The van der Waals surface area contributed by atoms with Gasteiger partial charge in [-0.3, -0.25) is 4.98 Å². The van der Waals surface area contributed by atoms with Crippen LogP contribution in [0.25, 0.3) is 22.9 Å². The molecule has 1 N–H and O–H groups in total. The highest BCUT2D eigenvalue weighted by atomic mass is 32.1. The Morgan fingerprint density at radius 3 is 2.82 bits per heavy atom. The quantitative estimate of drug-likeness (QED) is 0.633. The van der Waals surface area contributed by atoms with Crippen LogP contribution in [0.3, 0.4) is 0 Å². The van der Waals surface area contributed by atoms with E-state index < -0.39 is 0 Å². The van der Waals surface area contributed by atoms with Crippen molar-refractivity contribution < 1.29 is 0 Å². The molecule has 0 fully saturated rings. The average Bonchev–Trinajstić information content (AvgIpc) is 3.17. The third-order valence-corrected chi connectivity index (χ3v) is 4.19. The first-order chi connectivity index (χ1) is 10.8. The maximum Gasteiger partial charge on any atom is 0.348 e. The lowest BCUT2D eigenvalue weighted by atomic mass is 10.2. The van der Waals surface area contributed by atoms with Crippen molar-refractivity contribution >= 4 is 11.3 Å². The van der Waals surface area contributed by atoms with E-state index in [0.717, 1.165) is 16.8 Å². The van der Waals surface area contributed by atoms with Crippen LogP contribution in [-0.2, 0) is 6.54 Å². The average molecular weight is 308 g/mol.